The van der Waals surface area contributed by atoms with Crippen molar-refractivity contribution >= 4 is 23.2 Å². The predicted octanol–water partition coefficient (Wildman–Crippen LogP) is 3.99. The van der Waals surface area contributed by atoms with Crippen molar-refractivity contribution in [3.05, 3.63) is 33.8 Å². The van der Waals surface area contributed by atoms with E-state index in [0.29, 0.717) is 16.7 Å². The Morgan fingerprint density at radius 3 is 2.69 bits per heavy atom. The quantitative estimate of drug-likeness (QED) is 0.801. The van der Waals surface area contributed by atoms with Gasteiger partial charge in [-0.2, -0.15) is 0 Å². The highest BCUT2D eigenvalue weighted by molar-refractivity contribution is 6.35. The largest absolute Gasteiger partial charge is 0.343 e. The summed E-state index contributed by atoms with van der Waals surface area (Å²) in [6.45, 7) is 4.59. The van der Waals surface area contributed by atoms with E-state index >= 15 is 0 Å². The van der Waals surface area contributed by atoms with Gasteiger partial charge in [-0.05, 0) is 19.1 Å². The van der Waals surface area contributed by atoms with Crippen LogP contribution in [0.2, 0.25) is 10.0 Å². The summed E-state index contributed by atoms with van der Waals surface area (Å²) in [5.74, 6) is -0.707. The zero-order valence-electron chi connectivity index (χ0n) is 9.30. The highest BCUT2D eigenvalue weighted by Crippen LogP contribution is 2.41. The Hall–Kier alpha value is -0.280. The monoisotopic (exact) mass is 260 g/mol. The molecule has 2 atom stereocenters. The van der Waals surface area contributed by atoms with Gasteiger partial charge in [0.15, 0.2) is 5.79 Å². The van der Waals surface area contributed by atoms with Crippen molar-refractivity contribution in [2.24, 2.45) is 0 Å². The molecule has 0 radical (unpaired) electrons. The van der Waals surface area contributed by atoms with Crippen LogP contribution in [-0.4, -0.2) is 12.7 Å². The normalized spacial score (nSPS) is 29.6. The van der Waals surface area contributed by atoms with Crippen LogP contribution >= 0.6 is 23.2 Å². The van der Waals surface area contributed by atoms with Crippen LogP contribution in [0.15, 0.2) is 18.2 Å². The van der Waals surface area contributed by atoms with Crippen molar-refractivity contribution < 1.29 is 9.47 Å². The van der Waals surface area contributed by atoms with E-state index in [9.17, 15) is 0 Å². The summed E-state index contributed by atoms with van der Waals surface area (Å²) in [7, 11) is 0. The first kappa shape index (κ1) is 12.2. The van der Waals surface area contributed by atoms with Gasteiger partial charge in [-0.25, -0.2) is 0 Å². The van der Waals surface area contributed by atoms with E-state index in [-0.39, 0.29) is 6.10 Å². The van der Waals surface area contributed by atoms with Crippen molar-refractivity contribution in [2.45, 2.75) is 32.2 Å². The Kier molecular flexibility index (Phi) is 3.45. The summed E-state index contributed by atoms with van der Waals surface area (Å²) in [4.78, 5) is 0. The van der Waals surface area contributed by atoms with Gasteiger partial charge < -0.3 is 9.47 Å². The van der Waals surface area contributed by atoms with Crippen molar-refractivity contribution in [3.63, 3.8) is 0 Å². The Morgan fingerprint density at radius 1 is 1.44 bits per heavy atom. The number of ether oxygens (including phenoxy) is 2. The molecule has 16 heavy (non-hydrogen) atoms. The molecule has 0 N–H and O–H groups in total. The first-order valence-corrected chi connectivity index (χ1v) is 6.10. The number of benzene rings is 1. The molecule has 1 heterocycles. The fourth-order valence-electron chi connectivity index (χ4n) is 1.96. The Labute approximate surface area is 105 Å². The SMILES string of the molecule is CCC1(c2ccc(Cl)cc2Cl)OCC(C)O1. The maximum atomic E-state index is 6.18. The van der Waals surface area contributed by atoms with E-state index in [2.05, 4.69) is 0 Å². The fraction of sp³-hybridized carbons (Fsp3) is 0.500. The van der Waals surface area contributed by atoms with Gasteiger partial charge in [-0.3, -0.25) is 0 Å². The topological polar surface area (TPSA) is 18.5 Å². The highest BCUT2D eigenvalue weighted by Gasteiger charge is 2.41. The first-order valence-electron chi connectivity index (χ1n) is 5.34. The van der Waals surface area contributed by atoms with Gasteiger partial charge in [-0.15, -0.1) is 0 Å². The predicted molar refractivity (Wildman–Crippen MR) is 64.9 cm³/mol. The molecular weight excluding hydrogens is 247 g/mol. The van der Waals surface area contributed by atoms with Gasteiger partial charge in [0.25, 0.3) is 0 Å². The maximum absolute atomic E-state index is 6.18. The minimum absolute atomic E-state index is 0.0895. The lowest BCUT2D eigenvalue weighted by molar-refractivity contribution is -0.177. The number of rotatable bonds is 2. The van der Waals surface area contributed by atoms with Crippen molar-refractivity contribution in [3.8, 4) is 0 Å². The van der Waals surface area contributed by atoms with Gasteiger partial charge in [-0.1, -0.05) is 36.2 Å². The molecule has 0 amide bonds. The lowest BCUT2D eigenvalue weighted by atomic mass is 10.0. The summed E-state index contributed by atoms with van der Waals surface area (Å²) < 4.78 is 11.6. The third kappa shape index (κ3) is 2.07. The van der Waals surface area contributed by atoms with Crippen molar-refractivity contribution in [1.29, 1.82) is 0 Å². The van der Waals surface area contributed by atoms with Crippen molar-refractivity contribution in [2.75, 3.05) is 6.61 Å². The molecule has 0 aliphatic carbocycles. The second-order valence-electron chi connectivity index (χ2n) is 3.97. The van der Waals surface area contributed by atoms with Crippen LogP contribution in [0.25, 0.3) is 0 Å². The number of hydrogen-bond donors (Lipinski definition) is 0. The minimum atomic E-state index is -0.707. The molecule has 0 saturated carbocycles. The molecule has 88 valence electrons. The fourth-order valence-corrected chi connectivity index (χ4v) is 2.51. The third-order valence-electron chi connectivity index (χ3n) is 2.75. The van der Waals surface area contributed by atoms with E-state index in [0.717, 1.165) is 12.0 Å². The van der Waals surface area contributed by atoms with Gasteiger partial charge in [0, 0.05) is 17.0 Å². The van der Waals surface area contributed by atoms with Crippen LogP contribution in [0.1, 0.15) is 25.8 Å². The molecule has 1 aromatic rings. The lowest BCUT2D eigenvalue weighted by Crippen LogP contribution is -2.27. The van der Waals surface area contributed by atoms with E-state index in [1.54, 1.807) is 12.1 Å². The molecule has 0 bridgehead atoms. The number of halogens is 2. The molecule has 2 rings (SSSR count). The molecule has 0 aromatic heterocycles. The van der Waals surface area contributed by atoms with Crippen LogP contribution in [0.3, 0.4) is 0 Å². The van der Waals surface area contributed by atoms with Crippen LogP contribution in [0.4, 0.5) is 0 Å². The first-order chi connectivity index (χ1) is 7.57. The molecule has 2 unspecified atom stereocenters. The molecular formula is C12H14Cl2O2. The Bertz CT molecular complexity index is 395. The lowest BCUT2D eigenvalue weighted by Gasteiger charge is -2.27. The van der Waals surface area contributed by atoms with Crippen LogP contribution in [0.5, 0.6) is 0 Å². The summed E-state index contributed by atoms with van der Waals surface area (Å²) in [6.07, 6.45) is 0.810. The second kappa shape index (κ2) is 4.53. The van der Waals surface area contributed by atoms with Crippen LogP contribution < -0.4 is 0 Å². The number of hydrogen-bond acceptors (Lipinski definition) is 2. The second-order valence-corrected chi connectivity index (χ2v) is 4.81. The molecule has 1 aliphatic heterocycles. The van der Waals surface area contributed by atoms with Crippen LogP contribution in [0, 0.1) is 0 Å². The van der Waals surface area contributed by atoms with E-state index in [1.165, 1.54) is 0 Å². The highest BCUT2D eigenvalue weighted by atomic mass is 35.5. The van der Waals surface area contributed by atoms with Gasteiger partial charge in [0.05, 0.1) is 17.7 Å². The van der Waals surface area contributed by atoms with Gasteiger partial charge in [0.1, 0.15) is 0 Å². The molecule has 1 saturated heterocycles. The van der Waals surface area contributed by atoms with Gasteiger partial charge >= 0.3 is 0 Å². The van der Waals surface area contributed by atoms with E-state index < -0.39 is 5.79 Å². The molecule has 1 fully saturated rings. The summed E-state index contributed by atoms with van der Waals surface area (Å²) in [6, 6.07) is 5.38. The minimum Gasteiger partial charge on any atom is -0.343 e. The average molecular weight is 261 g/mol. The standard InChI is InChI=1S/C12H14Cl2O2/c1-3-12(15-7-8(2)16-12)10-5-4-9(13)6-11(10)14/h4-6,8H,3,7H2,1-2H3. The Balaban J connectivity index is 2.41. The van der Waals surface area contributed by atoms with Crippen molar-refractivity contribution in [1.82, 2.24) is 0 Å². The molecule has 4 heteroatoms. The Morgan fingerprint density at radius 2 is 2.19 bits per heavy atom. The van der Waals surface area contributed by atoms with Gasteiger partial charge in [0.2, 0.25) is 0 Å². The maximum Gasteiger partial charge on any atom is 0.196 e. The van der Waals surface area contributed by atoms with E-state index in [4.69, 9.17) is 32.7 Å². The zero-order chi connectivity index (χ0) is 11.8. The summed E-state index contributed by atoms with van der Waals surface area (Å²) in [5, 5.41) is 1.20. The average Bonchev–Trinajstić information content (AvgIpc) is 2.61. The third-order valence-corrected chi connectivity index (χ3v) is 3.30. The molecule has 1 aliphatic rings. The summed E-state index contributed by atoms with van der Waals surface area (Å²) in [5.41, 5.74) is 0.852. The zero-order valence-corrected chi connectivity index (χ0v) is 10.8. The summed E-state index contributed by atoms with van der Waals surface area (Å²) >= 11 is 12.1. The molecule has 1 aromatic carbocycles. The molecule has 0 spiro atoms. The smallest absolute Gasteiger partial charge is 0.196 e. The molecule has 2 nitrogen and oxygen atoms in total. The van der Waals surface area contributed by atoms with Crippen LogP contribution in [-0.2, 0) is 15.3 Å². The van der Waals surface area contributed by atoms with E-state index in [1.807, 2.05) is 19.9 Å².